The van der Waals surface area contributed by atoms with E-state index in [0.29, 0.717) is 18.3 Å². The summed E-state index contributed by atoms with van der Waals surface area (Å²) in [5.74, 6) is -0.164. The van der Waals surface area contributed by atoms with Crippen LogP contribution in [0.4, 0.5) is 0 Å². The first-order valence-corrected chi connectivity index (χ1v) is 7.54. The summed E-state index contributed by atoms with van der Waals surface area (Å²) in [7, 11) is 2.10. The van der Waals surface area contributed by atoms with Gasteiger partial charge >= 0.3 is 0 Å². The van der Waals surface area contributed by atoms with Crippen molar-refractivity contribution in [2.24, 2.45) is 0 Å². The Hall–Kier alpha value is -1.73. The van der Waals surface area contributed by atoms with Gasteiger partial charge in [0.05, 0.1) is 18.3 Å². The van der Waals surface area contributed by atoms with E-state index in [1.165, 1.54) is 17.8 Å². The predicted molar refractivity (Wildman–Crippen MR) is 76.5 cm³/mol. The first-order valence-electron chi connectivity index (χ1n) is 6.66. The van der Waals surface area contributed by atoms with Crippen LogP contribution in [-0.4, -0.2) is 39.6 Å². The number of hydrogen-bond donors (Lipinski definition) is 2. The smallest absolute Gasteiger partial charge is 0.272 e. The maximum Gasteiger partial charge on any atom is 0.272 e. The number of carbonyl (C=O) groups excluding carboxylic acids is 1. The van der Waals surface area contributed by atoms with Crippen LogP contribution in [0.3, 0.4) is 0 Å². The lowest BCUT2D eigenvalue weighted by molar-refractivity contribution is 0.0946. The topological polar surface area (TPSA) is 73.9 Å². The standard InChI is InChI=1S/C13H17N5OS/c1-18-5-2-3-11(18)9-7-10(17-16-9)13(19)15-8-12-14-4-6-20-12/h4,6-7,11H,2-3,5,8H2,1H3,(H,15,19)(H,16,17). The van der Waals surface area contributed by atoms with E-state index in [2.05, 4.69) is 32.4 Å². The van der Waals surface area contributed by atoms with Crippen LogP contribution in [0.1, 0.15) is 40.1 Å². The molecule has 0 aliphatic carbocycles. The lowest BCUT2D eigenvalue weighted by atomic mass is 10.1. The summed E-state index contributed by atoms with van der Waals surface area (Å²) in [6, 6.07) is 2.20. The molecule has 0 saturated carbocycles. The van der Waals surface area contributed by atoms with Gasteiger partial charge in [0.15, 0.2) is 0 Å². The van der Waals surface area contributed by atoms with Crippen LogP contribution >= 0.6 is 11.3 Å². The van der Waals surface area contributed by atoms with Crippen molar-refractivity contribution < 1.29 is 4.79 Å². The van der Waals surface area contributed by atoms with E-state index in [-0.39, 0.29) is 5.91 Å². The van der Waals surface area contributed by atoms with E-state index in [4.69, 9.17) is 0 Å². The molecule has 0 radical (unpaired) electrons. The van der Waals surface area contributed by atoms with Gasteiger partial charge in [0.25, 0.3) is 5.91 Å². The van der Waals surface area contributed by atoms with Crippen molar-refractivity contribution in [1.29, 1.82) is 0 Å². The monoisotopic (exact) mass is 291 g/mol. The molecule has 2 N–H and O–H groups in total. The number of hydrogen-bond acceptors (Lipinski definition) is 5. The maximum atomic E-state index is 12.0. The van der Waals surface area contributed by atoms with Crippen molar-refractivity contribution >= 4 is 17.2 Å². The van der Waals surface area contributed by atoms with Crippen LogP contribution in [0.15, 0.2) is 17.6 Å². The highest BCUT2D eigenvalue weighted by Crippen LogP contribution is 2.29. The van der Waals surface area contributed by atoms with Crippen molar-refractivity contribution in [3.05, 3.63) is 34.0 Å². The molecule has 1 unspecified atom stereocenters. The molecule has 0 bridgehead atoms. The zero-order valence-electron chi connectivity index (χ0n) is 11.3. The van der Waals surface area contributed by atoms with E-state index in [0.717, 1.165) is 23.7 Å². The summed E-state index contributed by atoms with van der Waals surface area (Å²) in [5, 5.41) is 12.7. The maximum absolute atomic E-state index is 12.0. The predicted octanol–water partition coefficient (Wildman–Crippen LogP) is 1.56. The number of rotatable bonds is 4. The van der Waals surface area contributed by atoms with Gasteiger partial charge in [-0.3, -0.25) is 14.8 Å². The molecule has 1 aliphatic heterocycles. The molecule has 20 heavy (non-hydrogen) atoms. The first-order chi connectivity index (χ1) is 9.74. The number of carbonyl (C=O) groups is 1. The summed E-state index contributed by atoms with van der Waals surface area (Å²) in [4.78, 5) is 18.4. The van der Waals surface area contributed by atoms with Crippen molar-refractivity contribution in [3.63, 3.8) is 0 Å². The van der Waals surface area contributed by atoms with Crippen LogP contribution in [0, 0.1) is 0 Å². The molecule has 1 fully saturated rings. The number of H-pyrrole nitrogens is 1. The SMILES string of the molecule is CN1CCCC1c1cc(C(=O)NCc2nccs2)n[nH]1. The van der Waals surface area contributed by atoms with E-state index in [9.17, 15) is 4.79 Å². The Morgan fingerprint density at radius 3 is 3.25 bits per heavy atom. The van der Waals surface area contributed by atoms with Gasteiger partial charge in [-0.15, -0.1) is 11.3 Å². The lowest BCUT2D eigenvalue weighted by Crippen LogP contribution is -2.23. The molecule has 0 spiro atoms. The molecule has 1 amide bonds. The molecule has 1 saturated heterocycles. The molecule has 0 aromatic carbocycles. The summed E-state index contributed by atoms with van der Waals surface area (Å²) in [6.45, 7) is 1.54. The third-order valence-corrected chi connectivity index (χ3v) is 4.37. The molecule has 1 aliphatic rings. The Morgan fingerprint density at radius 2 is 2.55 bits per heavy atom. The number of amides is 1. The third kappa shape index (κ3) is 2.73. The zero-order chi connectivity index (χ0) is 13.9. The van der Waals surface area contributed by atoms with Crippen LogP contribution in [-0.2, 0) is 6.54 Å². The van der Waals surface area contributed by atoms with E-state index >= 15 is 0 Å². The molecule has 2 aromatic rings. The molecule has 106 valence electrons. The minimum atomic E-state index is -0.164. The second-order valence-corrected chi connectivity index (χ2v) is 5.93. The summed E-state index contributed by atoms with van der Waals surface area (Å²) in [6.07, 6.45) is 4.03. The van der Waals surface area contributed by atoms with Gasteiger partial charge in [0.2, 0.25) is 0 Å². The van der Waals surface area contributed by atoms with Crippen molar-refractivity contribution in [1.82, 2.24) is 25.4 Å². The van der Waals surface area contributed by atoms with Gasteiger partial charge in [-0.25, -0.2) is 4.98 Å². The Morgan fingerprint density at radius 1 is 1.65 bits per heavy atom. The lowest BCUT2D eigenvalue weighted by Gasteiger charge is -2.16. The highest BCUT2D eigenvalue weighted by Gasteiger charge is 2.25. The summed E-state index contributed by atoms with van der Waals surface area (Å²) < 4.78 is 0. The summed E-state index contributed by atoms with van der Waals surface area (Å²) in [5.41, 5.74) is 1.46. The van der Waals surface area contributed by atoms with Crippen LogP contribution in [0.25, 0.3) is 0 Å². The van der Waals surface area contributed by atoms with E-state index < -0.39 is 0 Å². The average molecular weight is 291 g/mol. The fraction of sp³-hybridized carbons (Fsp3) is 0.462. The van der Waals surface area contributed by atoms with Gasteiger partial charge in [0, 0.05) is 11.6 Å². The second-order valence-electron chi connectivity index (χ2n) is 4.96. The summed E-state index contributed by atoms with van der Waals surface area (Å²) >= 11 is 1.53. The van der Waals surface area contributed by atoms with Gasteiger partial charge < -0.3 is 5.32 Å². The first kappa shape index (κ1) is 13.3. The Labute approximate surface area is 121 Å². The molecule has 6 nitrogen and oxygen atoms in total. The minimum Gasteiger partial charge on any atom is -0.344 e. The zero-order valence-corrected chi connectivity index (χ0v) is 12.1. The van der Waals surface area contributed by atoms with Crippen LogP contribution in [0.2, 0.25) is 0 Å². The fourth-order valence-electron chi connectivity index (χ4n) is 2.51. The number of aromatic nitrogens is 3. The van der Waals surface area contributed by atoms with E-state index in [1.807, 2.05) is 11.4 Å². The fourth-order valence-corrected chi connectivity index (χ4v) is 3.07. The quantitative estimate of drug-likeness (QED) is 0.896. The molecule has 3 heterocycles. The van der Waals surface area contributed by atoms with Crippen LogP contribution in [0.5, 0.6) is 0 Å². The van der Waals surface area contributed by atoms with Crippen LogP contribution < -0.4 is 5.32 Å². The number of aromatic amines is 1. The van der Waals surface area contributed by atoms with Gasteiger partial charge in [0.1, 0.15) is 10.7 Å². The molecule has 1 atom stereocenters. The minimum absolute atomic E-state index is 0.164. The van der Waals surface area contributed by atoms with Gasteiger partial charge in [-0.05, 0) is 32.5 Å². The second kappa shape index (κ2) is 5.72. The highest BCUT2D eigenvalue weighted by atomic mass is 32.1. The van der Waals surface area contributed by atoms with Gasteiger partial charge in [-0.1, -0.05) is 0 Å². The molecule has 7 heteroatoms. The largest absolute Gasteiger partial charge is 0.344 e. The molecular formula is C13H17N5OS. The van der Waals surface area contributed by atoms with E-state index in [1.54, 1.807) is 6.20 Å². The molecule has 3 rings (SSSR count). The third-order valence-electron chi connectivity index (χ3n) is 3.59. The Bertz CT molecular complexity index is 579. The Balaban J connectivity index is 1.62. The van der Waals surface area contributed by atoms with Gasteiger partial charge in [-0.2, -0.15) is 5.10 Å². The highest BCUT2D eigenvalue weighted by molar-refractivity contribution is 7.09. The number of thiazole rings is 1. The number of nitrogens with zero attached hydrogens (tertiary/aromatic N) is 3. The number of likely N-dealkylation sites (tertiary alicyclic amines) is 1. The van der Waals surface area contributed by atoms with Crippen molar-refractivity contribution in [3.8, 4) is 0 Å². The normalized spacial score (nSPS) is 19.4. The van der Waals surface area contributed by atoms with Crippen molar-refractivity contribution in [2.75, 3.05) is 13.6 Å². The number of nitrogens with one attached hydrogen (secondary N) is 2. The molecule has 2 aromatic heterocycles. The molecular weight excluding hydrogens is 274 g/mol. The average Bonchev–Trinajstić information content (AvgIpc) is 3.16. The Kier molecular flexibility index (Phi) is 3.79. The van der Waals surface area contributed by atoms with Crippen molar-refractivity contribution in [2.45, 2.75) is 25.4 Å².